The zero-order chi connectivity index (χ0) is 13.4. The molecule has 0 amide bonds. The van der Waals surface area contributed by atoms with Crippen molar-refractivity contribution in [3.8, 4) is 0 Å². The Kier molecular flexibility index (Phi) is 6.34. The van der Waals surface area contributed by atoms with Crippen LogP contribution < -0.4 is 10.6 Å². The Morgan fingerprint density at radius 3 is 1.39 bits per heavy atom. The SMILES string of the molecule is C/C=C\C(=C/C)NC1CCC1NC(/C=C\C)=C/C. The van der Waals surface area contributed by atoms with Crippen LogP contribution in [0.4, 0.5) is 0 Å². The number of hydrogen-bond acceptors (Lipinski definition) is 2. The number of hydrogen-bond donors (Lipinski definition) is 2. The number of nitrogens with one attached hydrogen (secondary N) is 2. The lowest BCUT2D eigenvalue weighted by molar-refractivity contribution is 0.271. The molecule has 18 heavy (non-hydrogen) atoms. The van der Waals surface area contributed by atoms with E-state index in [1.807, 2.05) is 13.8 Å². The van der Waals surface area contributed by atoms with Crippen LogP contribution in [-0.2, 0) is 0 Å². The highest BCUT2D eigenvalue weighted by atomic mass is 15.1. The first-order chi connectivity index (χ1) is 8.74. The van der Waals surface area contributed by atoms with Crippen LogP contribution in [0.5, 0.6) is 0 Å². The molecule has 0 aromatic rings. The summed E-state index contributed by atoms with van der Waals surface area (Å²) in [5.41, 5.74) is 2.42. The van der Waals surface area contributed by atoms with E-state index in [0.29, 0.717) is 12.1 Å². The summed E-state index contributed by atoms with van der Waals surface area (Å²) in [6.45, 7) is 8.23. The van der Waals surface area contributed by atoms with Gasteiger partial charge in [-0.25, -0.2) is 0 Å². The molecular weight excluding hydrogens is 220 g/mol. The van der Waals surface area contributed by atoms with Crippen LogP contribution in [0.1, 0.15) is 40.5 Å². The zero-order valence-corrected chi connectivity index (χ0v) is 12.0. The van der Waals surface area contributed by atoms with Crippen molar-refractivity contribution in [3.05, 3.63) is 47.9 Å². The van der Waals surface area contributed by atoms with Crippen molar-refractivity contribution in [1.82, 2.24) is 10.6 Å². The van der Waals surface area contributed by atoms with Crippen LogP contribution in [0.2, 0.25) is 0 Å². The Bertz CT molecular complexity index is 325. The molecule has 1 fully saturated rings. The van der Waals surface area contributed by atoms with Gasteiger partial charge in [0.2, 0.25) is 0 Å². The molecule has 1 aliphatic rings. The fraction of sp³-hybridized carbons (Fsp3) is 0.500. The van der Waals surface area contributed by atoms with Crippen molar-refractivity contribution in [2.75, 3.05) is 0 Å². The fourth-order valence-corrected chi connectivity index (χ4v) is 2.09. The van der Waals surface area contributed by atoms with Crippen LogP contribution in [-0.4, -0.2) is 12.1 Å². The molecule has 0 aromatic carbocycles. The van der Waals surface area contributed by atoms with Gasteiger partial charge in [0.25, 0.3) is 0 Å². The summed E-state index contributed by atoms with van der Waals surface area (Å²) in [4.78, 5) is 0. The molecular formula is C16H26N2. The molecule has 0 aromatic heterocycles. The Balaban J connectivity index is 2.51. The van der Waals surface area contributed by atoms with E-state index in [1.54, 1.807) is 0 Å². The summed E-state index contributed by atoms with van der Waals surface area (Å²) in [6.07, 6.45) is 15.1. The molecule has 0 aliphatic heterocycles. The van der Waals surface area contributed by atoms with Crippen molar-refractivity contribution < 1.29 is 0 Å². The van der Waals surface area contributed by atoms with Crippen LogP contribution in [0, 0.1) is 0 Å². The second kappa shape index (κ2) is 7.80. The van der Waals surface area contributed by atoms with Gasteiger partial charge in [-0.05, 0) is 52.7 Å². The minimum absolute atomic E-state index is 0.535. The van der Waals surface area contributed by atoms with Crippen LogP contribution in [0.3, 0.4) is 0 Å². The Labute approximate surface area is 112 Å². The summed E-state index contributed by atoms with van der Waals surface area (Å²) in [7, 11) is 0. The van der Waals surface area contributed by atoms with E-state index in [4.69, 9.17) is 0 Å². The first-order valence-corrected chi connectivity index (χ1v) is 6.86. The summed E-state index contributed by atoms with van der Waals surface area (Å²) in [5.74, 6) is 0. The third-order valence-electron chi connectivity index (χ3n) is 3.29. The van der Waals surface area contributed by atoms with Crippen molar-refractivity contribution in [2.24, 2.45) is 0 Å². The van der Waals surface area contributed by atoms with Crippen LogP contribution >= 0.6 is 0 Å². The second-order valence-corrected chi connectivity index (χ2v) is 4.57. The van der Waals surface area contributed by atoms with E-state index >= 15 is 0 Å². The van der Waals surface area contributed by atoms with Crippen molar-refractivity contribution in [3.63, 3.8) is 0 Å². The van der Waals surface area contributed by atoms with Gasteiger partial charge in [-0.1, -0.05) is 24.3 Å². The first-order valence-electron chi connectivity index (χ1n) is 6.86. The molecule has 2 heteroatoms. The highest BCUT2D eigenvalue weighted by molar-refractivity contribution is 5.21. The molecule has 1 aliphatic carbocycles. The zero-order valence-electron chi connectivity index (χ0n) is 12.0. The average molecular weight is 246 g/mol. The highest BCUT2D eigenvalue weighted by Crippen LogP contribution is 2.22. The van der Waals surface area contributed by atoms with Gasteiger partial charge in [0, 0.05) is 23.5 Å². The standard InChI is InChI=1S/C16H26N2/c1-5-9-13(7-3)17-15-11-12-16(15)18-14(8-4)10-6-2/h5-10,15-18H,11-12H2,1-4H3/b9-5-,10-6-,13-7+,14-8+. The monoisotopic (exact) mass is 246 g/mol. The van der Waals surface area contributed by atoms with Gasteiger partial charge < -0.3 is 10.6 Å². The van der Waals surface area contributed by atoms with Crippen molar-refractivity contribution >= 4 is 0 Å². The minimum Gasteiger partial charge on any atom is -0.381 e. The molecule has 2 nitrogen and oxygen atoms in total. The molecule has 2 unspecified atom stereocenters. The topological polar surface area (TPSA) is 24.1 Å². The molecule has 1 saturated carbocycles. The largest absolute Gasteiger partial charge is 0.381 e. The maximum Gasteiger partial charge on any atom is 0.0463 e. The molecule has 0 bridgehead atoms. The molecule has 0 radical (unpaired) electrons. The summed E-state index contributed by atoms with van der Waals surface area (Å²) >= 11 is 0. The third-order valence-corrected chi connectivity index (χ3v) is 3.29. The molecule has 100 valence electrons. The quantitative estimate of drug-likeness (QED) is 0.699. The van der Waals surface area contributed by atoms with Crippen molar-refractivity contribution in [1.29, 1.82) is 0 Å². The van der Waals surface area contributed by atoms with Crippen molar-refractivity contribution in [2.45, 2.75) is 52.6 Å². The summed E-state index contributed by atoms with van der Waals surface area (Å²) in [5, 5.41) is 7.17. The molecule has 0 saturated heterocycles. The average Bonchev–Trinajstić information content (AvgIpc) is 2.37. The fourth-order valence-electron chi connectivity index (χ4n) is 2.09. The lowest BCUT2D eigenvalue weighted by Crippen LogP contribution is -2.54. The van der Waals surface area contributed by atoms with Gasteiger partial charge in [-0.3, -0.25) is 0 Å². The van der Waals surface area contributed by atoms with Crippen LogP contribution in [0.15, 0.2) is 47.9 Å². The summed E-state index contributed by atoms with van der Waals surface area (Å²) < 4.78 is 0. The van der Waals surface area contributed by atoms with E-state index in [2.05, 4.69) is 60.9 Å². The second-order valence-electron chi connectivity index (χ2n) is 4.57. The predicted octanol–water partition coefficient (Wildman–Crippen LogP) is 3.66. The van der Waals surface area contributed by atoms with E-state index in [-0.39, 0.29) is 0 Å². The summed E-state index contributed by atoms with van der Waals surface area (Å²) in [6, 6.07) is 1.07. The van der Waals surface area contributed by atoms with E-state index in [9.17, 15) is 0 Å². The predicted molar refractivity (Wildman–Crippen MR) is 80.2 cm³/mol. The van der Waals surface area contributed by atoms with Gasteiger partial charge in [-0.15, -0.1) is 0 Å². The van der Waals surface area contributed by atoms with E-state index in [1.165, 1.54) is 24.2 Å². The highest BCUT2D eigenvalue weighted by Gasteiger charge is 2.30. The third kappa shape index (κ3) is 4.10. The lowest BCUT2D eigenvalue weighted by atomic mass is 9.85. The lowest BCUT2D eigenvalue weighted by Gasteiger charge is -2.39. The number of rotatable bonds is 6. The van der Waals surface area contributed by atoms with Gasteiger partial charge in [0.05, 0.1) is 0 Å². The smallest absolute Gasteiger partial charge is 0.0463 e. The molecule has 0 spiro atoms. The molecule has 2 atom stereocenters. The number of allylic oxidation sites excluding steroid dienone is 6. The maximum absolute atomic E-state index is 3.59. The van der Waals surface area contributed by atoms with Gasteiger partial charge in [0.1, 0.15) is 0 Å². The normalized spacial score (nSPS) is 25.6. The van der Waals surface area contributed by atoms with E-state index < -0.39 is 0 Å². The molecule has 1 rings (SSSR count). The van der Waals surface area contributed by atoms with Crippen LogP contribution in [0.25, 0.3) is 0 Å². The molecule has 0 heterocycles. The maximum atomic E-state index is 3.59. The van der Waals surface area contributed by atoms with Gasteiger partial charge >= 0.3 is 0 Å². The minimum atomic E-state index is 0.535. The Morgan fingerprint density at radius 1 is 0.778 bits per heavy atom. The van der Waals surface area contributed by atoms with Gasteiger partial charge in [0.15, 0.2) is 0 Å². The molecule has 2 N–H and O–H groups in total. The first kappa shape index (κ1) is 14.6. The van der Waals surface area contributed by atoms with Gasteiger partial charge in [-0.2, -0.15) is 0 Å². The Morgan fingerprint density at radius 2 is 1.17 bits per heavy atom. The Hall–Kier alpha value is -1.44. The van der Waals surface area contributed by atoms with E-state index in [0.717, 1.165) is 0 Å².